The van der Waals surface area contributed by atoms with Crippen LogP contribution in [0.3, 0.4) is 0 Å². The Morgan fingerprint density at radius 2 is 1.87 bits per heavy atom. The summed E-state index contributed by atoms with van der Waals surface area (Å²) in [6.45, 7) is 1.82. The van der Waals surface area contributed by atoms with E-state index < -0.39 is 11.6 Å². The highest BCUT2D eigenvalue weighted by Crippen LogP contribution is 2.22. The lowest BCUT2D eigenvalue weighted by atomic mass is 10.1. The van der Waals surface area contributed by atoms with Gasteiger partial charge in [0, 0.05) is 22.5 Å². The first kappa shape index (κ1) is 15.3. The van der Waals surface area contributed by atoms with Crippen LogP contribution < -0.4 is 10.4 Å². The minimum atomic E-state index is -0.431. The molecule has 23 heavy (non-hydrogen) atoms. The van der Waals surface area contributed by atoms with E-state index in [4.69, 9.17) is 20.8 Å². The second-order valence-electron chi connectivity index (χ2n) is 5.18. The van der Waals surface area contributed by atoms with Crippen molar-refractivity contribution in [3.63, 3.8) is 0 Å². The van der Waals surface area contributed by atoms with Crippen molar-refractivity contribution in [2.24, 2.45) is 0 Å². The maximum Gasteiger partial charge on any atom is 0.336 e. The van der Waals surface area contributed by atoms with Gasteiger partial charge in [0.1, 0.15) is 11.3 Å². The molecular formula is C18H13ClO4. The third-order valence-corrected chi connectivity index (χ3v) is 3.67. The highest BCUT2D eigenvalue weighted by molar-refractivity contribution is 6.30. The summed E-state index contributed by atoms with van der Waals surface area (Å²) in [5.41, 5.74) is 1.59. The van der Waals surface area contributed by atoms with Gasteiger partial charge in [-0.15, -0.1) is 0 Å². The fraction of sp³-hybridized carbons (Fsp3) is 0.111. The lowest BCUT2D eigenvalue weighted by Gasteiger charge is -2.06. The molecule has 0 saturated heterocycles. The number of hydrogen-bond donors (Lipinski definition) is 0. The van der Waals surface area contributed by atoms with Crippen LogP contribution >= 0.6 is 11.6 Å². The molecule has 0 aliphatic carbocycles. The third kappa shape index (κ3) is 3.60. The number of esters is 1. The molecule has 1 heterocycles. The van der Waals surface area contributed by atoms with Crippen molar-refractivity contribution in [2.45, 2.75) is 13.3 Å². The molecule has 3 rings (SSSR count). The molecule has 0 fully saturated rings. The van der Waals surface area contributed by atoms with Gasteiger partial charge in [0.25, 0.3) is 0 Å². The van der Waals surface area contributed by atoms with Gasteiger partial charge >= 0.3 is 11.6 Å². The number of carbonyl (C=O) groups is 1. The van der Waals surface area contributed by atoms with Crippen molar-refractivity contribution in [3.05, 3.63) is 75.1 Å². The molecule has 0 radical (unpaired) electrons. The average Bonchev–Trinajstić information content (AvgIpc) is 2.49. The number of ether oxygens (including phenoxy) is 1. The fourth-order valence-electron chi connectivity index (χ4n) is 2.31. The number of aryl methyl sites for hydroxylation is 1. The van der Waals surface area contributed by atoms with Crippen molar-refractivity contribution < 1.29 is 13.9 Å². The van der Waals surface area contributed by atoms with Gasteiger partial charge in [-0.2, -0.15) is 0 Å². The first-order chi connectivity index (χ1) is 11.0. The molecule has 3 aromatic rings. The summed E-state index contributed by atoms with van der Waals surface area (Å²) < 4.78 is 10.4. The van der Waals surface area contributed by atoms with Crippen molar-refractivity contribution >= 4 is 28.5 Å². The average molecular weight is 329 g/mol. The van der Waals surface area contributed by atoms with Crippen LogP contribution in [0.4, 0.5) is 0 Å². The van der Waals surface area contributed by atoms with Gasteiger partial charge in [0.15, 0.2) is 0 Å². The smallest absolute Gasteiger partial charge is 0.336 e. The molecule has 0 aliphatic rings. The second kappa shape index (κ2) is 6.26. The first-order valence-corrected chi connectivity index (χ1v) is 7.39. The van der Waals surface area contributed by atoms with E-state index in [1.807, 2.05) is 6.92 Å². The largest absolute Gasteiger partial charge is 0.426 e. The Bertz CT molecular complexity index is 926. The zero-order chi connectivity index (χ0) is 16.4. The second-order valence-corrected chi connectivity index (χ2v) is 5.62. The number of hydrogen-bond acceptors (Lipinski definition) is 4. The first-order valence-electron chi connectivity index (χ1n) is 7.01. The summed E-state index contributed by atoms with van der Waals surface area (Å²) >= 11 is 5.81. The lowest BCUT2D eigenvalue weighted by Crippen LogP contribution is -2.11. The summed E-state index contributed by atoms with van der Waals surface area (Å²) in [6.07, 6.45) is 0.132. The maximum atomic E-state index is 12.0. The SMILES string of the molecule is Cc1cc(=O)oc2cc(OC(=O)Cc3ccc(Cl)cc3)ccc12. The van der Waals surface area contributed by atoms with Crippen LogP contribution in [-0.2, 0) is 11.2 Å². The number of carbonyl (C=O) groups excluding carboxylic acids is 1. The predicted octanol–water partition coefficient (Wildman–Crippen LogP) is 3.90. The molecule has 4 nitrogen and oxygen atoms in total. The Balaban J connectivity index is 1.79. The monoisotopic (exact) mass is 328 g/mol. The normalized spacial score (nSPS) is 10.7. The van der Waals surface area contributed by atoms with Crippen LogP contribution in [0.2, 0.25) is 5.02 Å². The highest BCUT2D eigenvalue weighted by atomic mass is 35.5. The van der Waals surface area contributed by atoms with Crippen molar-refractivity contribution in [1.29, 1.82) is 0 Å². The lowest BCUT2D eigenvalue weighted by molar-refractivity contribution is -0.133. The Labute approximate surface area is 137 Å². The Morgan fingerprint density at radius 1 is 1.13 bits per heavy atom. The van der Waals surface area contributed by atoms with E-state index in [0.29, 0.717) is 16.4 Å². The third-order valence-electron chi connectivity index (χ3n) is 3.42. The van der Waals surface area contributed by atoms with Crippen LogP contribution in [-0.4, -0.2) is 5.97 Å². The summed E-state index contributed by atoms with van der Waals surface area (Å²) in [5.74, 6) is -0.0631. The molecule has 1 aromatic heterocycles. The van der Waals surface area contributed by atoms with Gasteiger partial charge in [-0.1, -0.05) is 23.7 Å². The van der Waals surface area contributed by atoms with Crippen molar-refractivity contribution in [3.8, 4) is 5.75 Å². The van der Waals surface area contributed by atoms with Gasteiger partial charge < -0.3 is 9.15 Å². The molecule has 0 aliphatic heterocycles. The molecular weight excluding hydrogens is 316 g/mol. The summed E-state index contributed by atoms with van der Waals surface area (Å²) in [4.78, 5) is 23.4. The van der Waals surface area contributed by atoms with Gasteiger partial charge in [-0.05, 0) is 42.3 Å². The van der Waals surface area contributed by atoms with Crippen LogP contribution in [0.1, 0.15) is 11.1 Å². The number of halogens is 1. The molecule has 0 amide bonds. The highest BCUT2D eigenvalue weighted by Gasteiger charge is 2.09. The van der Waals surface area contributed by atoms with Gasteiger partial charge in [0.2, 0.25) is 0 Å². The molecule has 5 heteroatoms. The van der Waals surface area contributed by atoms with Gasteiger partial charge in [-0.3, -0.25) is 4.79 Å². The van der Waals surface area contributed by atoms with E-state index in [9.17, 15) is 9.59 Å². The standard InChI is InChI=1S/C18H13ClO4/c1-11-8-17(20)23-16-10-14(6-7-15(11)16)22-18(21)9-12-2-4-13(19)5-3-12/h2-8,10H,9H2,1H3. The Hall–Kier alpha value is -2.59. The van der Waals surface area contributed by atoms with E-state index in [1.54, 1.807) is 42.5 Å². The molecule has 2 aromatic carbocycles. The fourth-order valence-corrected chi connectivity index (χ4v) is 2.43. The van der Waals surface area contributed by atoms with Crippen LogP contribution in [0.15, 0.2) is 57.7 Å². The summed E-state index contributed by atoms with van der Waals surface area (Å²) in [7, 11) is 0. The molecule has 0 saturated carbocycles. The predicted molar refractivity (Wildman–Crippen MR) is 88.0 cm³/mol. The quantitative estimate of drug-likeness (QED) is 0.415. The van der Waals surface area contributed by atoms with Crippen molar-refractivity contribution in [2.75, 3.05) is 0 Å². The summed E-state index contributed by atoms with van der Waals surface area (Å²) in [6, 6.07) is 13.4. The van der Waals surface area contributed by atoms with Crippen LogP contribution in [0.25, 0.3) is 11.0 Å². The van der Waals surface area contributed by atoms with E-state index in [0.717, 1.165) is 16.5 Å². The molecule has 0 atom stereocenters. The molecule has 0 N–H and O–H groups in total. The van der Waals surface area contributed by atoms with Crippen LogP contribution in [0, 0.1) is 6.92 Å². The topological polar surface area (TPSA) is 56.5 Å². The summed E-state index contributed by atoms with van der Waals surface area (Å²) in [5, 5.41) is 1.42. The number of fused-ring (bicyclic) bond motifs is 1. The van der Waals surface area contributed by atoms with E-state index >= 15 is 0 Å². The Morgan fingerprint density at radius 3 is 2.61 bits per heavy atom. The maximum absolute atomic E-state index is 12.0. The van der Waals surface area contributed by atoms with E-state index in [1.165, 1.54) is 6.07 Å². The van der Waals surface area contributed by atoms with Crippen LogP contribution in [0.5, 0.6) is 5.75 Å². The minimum absolute atomic E-state index is 0.132. The zero-order valence-corrected chi connectivity index (χ0v) is 13.1. The Kier molecular flexibility index (Phi) is 4.17. The molecule has 0 spiro atoms. The molecule has 0 unspecified atom stereocenters. The van der Waals surface area contributed by atoms with Gasteiger partial charge in [0.05, 0.1) is 6.42 Å². The number of rotatable bonds is 3. The van der Waals surface area contributed by atoms with E-state index in [2.05, 4.69) is 0 Å². The van der Waals surface area contributed by atoms with Crippen molar-refractivity contribution in [1.82, 2.24) is 0 Å². The van der Waals surface area contributed by atoms with Gasteiger partial charge in [-0.25, -0.2) is 4.79 Å². The number of benzene rings is 2. The van der Waals surface area contributed by atoms with E-state index in [-0.39, 0.29) is 6.42 Å². The molecule has 116 valence electrons. The minimum Gasteiger partial charge on any atom is -0.426 e. The zero-order valence-electron chi connectivity index (χ0n) is 12.3. The molecule has 0 bridgehead atoms.